The van der Waals surface area contributed by atoms with Gasteiger partial charge in [0.25, 0.3) is 5.88 Å². The molecule has 2 saturated heterocycles. The van der Waals surface area contributed by atoms with Crippen LogP contribution in [-0.4, -0.2) is 68.8 Å². The lowest BCUT2D eigenvalue weighted by Crippen LogP contribution is -2.66. The average molecular weight is 521 g/mol. The first kappa shape index (κ1) is 24.8. The van der Waals surface area contributed by atoms with E-state index in [0.717, 1.165) is 43.2 Å². The first-order valence-corrected chi connectivity index (χ1v) is 13.1. The van der Waals surface area contributed by atoms with E-state index < -0.39 is 11.7 Å². The monoisotopic (exact) mass is 520 g/mol. The summed E-state index contributed by atoms with van der Waals surface area (Å²) in [6, 6.07) is 7.02. The van der Waals surface area contributed by atoms with E-state index in [1.54, 1.807) is 37.7 Å². The normalized spacial score (nSPS) is 28.2. The summed E-state index contributed by atoms with van der Waals surface area (Å²) in [4.78, 5) is 10.9. The van der Waals surface area contributed by atoms with Gasteiger partial charge in [-0.25, -0.2) is 14.4 Å². The van der Waals surface area contributed by atoms with Crippen molar-refractivity contribution in [3.8, 4) is 39.9 Å². The molecule has 10 heteroatoms. The van der Waals surface area contributed by atoms with Crippen molar-refractivity contribution in [1.82, 2.24) is 25.5 Å². The maximum atomic E-state index is 15.9. The Morgan fingerprint density at radius 1 is 1.03 bits per heavy atom. The molecule has 3 fully saturated rings. The van der Waals surface area contributed by atoms with Crippen LogP contribution in [0.2, 0.25) is 0 Å². The van der Waals surface area contributed by atoms with E-state index in [9.17, 15) is 5.11 Å². The lowest BCUT2D eigenvalue weighted by Gasteiger charge is -2.48. The summed E-state index contributed by atoms with van der Waals surface area (Å²) < 4.78 is 26.4. The number of pyridine rings is 1. The number of benzene rings is 1. The Bertz CT molecular complexity index is 1350. The average Bonchev–Trinajstić information content (AvgIpc) is 3.71. The molecule has 0 amide bonds. The highest BCUT2D eigenvalue weighted by Gasteiger charge is 2.58. The Hall–Kier alpha value is -3.53. The Balaban J connectivity index is 1.26. The molecule has 0 radical (unpaired) electrons. The number of aromatic nitrogens is 4. The summed E-state index contributed by atoms with van der Waals surface area (Å²) >= 11 is 0. The SMILES string of the molecule is COc1cc(-c2ccc(-c3ncc(N(C4CC4)[C@@H]4C[C@@]5(C)CC[C@](C)(N5)[C@@H]4F)nn3)c(O)c2)cnc1OC. The lowest BCUT2D eigenvalue weighted by atomic mass is 9.82. The molecule has 1 aromatic carbocycles. The van der Waals surface area contributed by atoms with Crippen molar-refractivity contribution in [3.05, 3.63) is 36.7 Å². The summed E-state index contributed by atoms with van der Waals surface area (Å²) in [5.41, 5.74) is 1.37. The third-order valence-corrected chi connectivity index (χ3v) is 8.30. The zero-order valence-corrected chi connectivity index (χ0v) is 22.1. The highest BCUT2D eigenvalue weighted by atomic mass is 19.1. The molecule has 200 valence electrons. The van der Waals surface area contributed by atoms with Gasteiger partial charge in [-0.2, -0.15) is 0 Å². The lowest BCUT2D eigenvalue weighted by molar-refractivity contribution is 0.0831. The van der Waals surface area contributed by atoms with Gasteiger partial charge in [-0.3, -0.25) is 0 Å². The van der Waals surface area contributed by atoms with E-state index in [2.05, 4.69) is 37.3 Å². The van der Waals surface area contributed by atoms with E-state index in [1.807, 2.05) is 13.0 Å². The van der Waals surface area contributed by atoms with Crippen LogP contribution >= 0.6 is 0 Å². The zero-order chi connectivity index (χ0) is 26.7. The van der Waals surface area contributed by atoms with Crippen molar-refractivity contribution in [3.63, 3.8) is 0 Å². The van der Waals surface area contributed by atoms with Gasteiger partial charge in [-0.15, -0.1) is 10.2 Å². The summed E-state index contributed by atoms with van der Waals surface area (Å²) in [5.74, 6) is 1.80. The first-order valence-electron chi connectivity index (χ1n) is 13.1. The molecular weight excluding hydrogens is 487 g/mol. The minimum Gasteiger partial charge on any atom is -0.507 e. The smallest absolute Gasteiger partial charge is 0.256 e. The highest BCUT2D eigenvalue weighted by molar-refractivity contribution is 5.73. The van der Waals surface area contributed by atoms with E-state index in [0.29, 0.717) is 28.8 Å². The molecule has 3 aliphatic rings. The standard InChI is InChI=1S/C28H33FN6O3/c1-27-9-10-28(2,34-27)24(29)20(13-27)35(18-6-7-18)23-15-30-25(33-32-23)19-8-5-16(11-21(19)36)17-12-22(37-3)26(38-4)31-14-17/h5,8,11-12,14-15,18,20,24,34,36H,6-7,9-10,13H2,1-4H3/t20-,24-,27-,28+/m1/s1. The number of phenolic OH excluding ortho intramolecular Hbond substituents is 1. The molecule has 0 spiro atoms. The number of methoxy groups -OCH3 is 2. The van der Waals surface area contributed by atoms with E-state index >= 15 is 4.39 Å². The van der Waals surface area contributed by atoms with E-state index in [-0.39, 0.29) is 23.4 Å². The highest BCUT2D eigenvalue weighted by Crippen LogP contribution is 2.48. The summed E-state index contributed by atoms with van der Waals surface area (Å²) in [6.07, 6.45) is 6.85. The van der Waals surface area contributed by atoms with Crippen molar-refractivity contribution in [2.75, 3.05) is 19.1 Å². The van der Waals surface area contributed by atoms with Crippen molar-refractivity contribution >= 4 is 5.82 Å². The van der Waals surface area contributed by atoms with Crippen LogP contribution in [-0.2, 0) is 0 Å². The number of alkyl halides is 1. The van der Waals surface area contributed by atoms with Crippen LogP contribution in [0.5, 0.6) is 17.4 Å². The second-order valence-electron chi connectivity index (χ2n) is 11.2. The summed E-state index contributed by atoms with van der Waals surface area (Å²) in [7, 11) is 3.08. The molecule has 1 aliphatic carbocycles. The molecule has 2 bridgehead atoms. The molecule has 4 atom stereocenters. The molecular formula is C28H33FN6O3. The van der Waals surface area contributed by atoms with Gasteiger partial charge in [0.15, 0.2) is 17.4 Å². The number of halogens is 1. The molecule has 0 unspecified atom stereocenters. The molecule has 2 N–H and O–H groups in total. The number of rotatable bonds is 7. The Labute approximate surface area is 221 Å². The van der Waals surface area contributed by atoms with Crippen LogP contribution in [0.4, 0.5) is 10.2 Å². The maximum absolute atomic E-state index is 15.9. The molecule has 9 nitrogen and oxygen atoms in total. The molecule has 1 saturated carbocycles. The predicted octanol–water partition coefficient (Wildman–Crippen LogP) is 4.30. The van der Waals surface area contributed by atoms with Crippen LogP contribution in [0.15, 0.2) is 36.7 Å². The number of fused-ring (bicyclic) bond motifs is 2. The topological polar surface area (TPSA) is 106 Å². The fourth-order valence-corrected chi connectivity index (χ4v) is 6.22. The number of nitrogens with zero attached hydrogens (tertiary/aromatic N) is 5. The third kappa shape index (κ3) is 4.20. The number of ether oxygens (including phenoxy) is 2. The van der Waals surface area contributed by atoms with Gasteiger partial charge in [0.2, 0.25) is 0 Å². The molecule has 4 heterocycles. The van der Waals surface area contributed by atoms with Crippen LogP contribution in [0.1, 0.15) is 46.0 Å². The molecule has 6 rings (SSSR count). The van der Waals surface area contributed by atoms with Gasteiger partial charge in [0.1, 0.15) is 11.9 Å². The first-order chi connectivity index (χ1) is 18.2. The quantitative estimate of drug-likeness (QED) is 0.472. The zero-order valence-electron chi connectivity index (χ0n) is 22.1. The van der Waals surface area contributed by atoms with Gasteiger partial charge in [-0.05, 0) is 69.7 Å². The van der Waals surface area contributed by atoms with Crippen molar-refractivity contribution in [2.45, 2.75) is 75.3 Å². The number of piperidine rings is 1. The second kappa shape index (κ2) is 9.04. The van der Waals surface area contributed by atoms with Crippen LogP contribution in [0.25, 0.3) is 22.5 Å². The van der Waals surface area contributed by atoms with E-state index in [1.165, 1.54) is 7.11 Å². The minimum atomic E-state index is -1.01. The Morgan fingerprint density at radius 2 is 1.84 bits per heavy atom. The summed E-state index contributed by atoms with van der Waals surface area (Å²) in [5, 5.41) is 23.2. The van der Waals surface area contributed by atoms with Crippen LogP contribution in [0.3, 0.4) is 0 Å². The molecule has 3 aromatic rings. The maximum Gasteiger partial charge on any atom is 0.256 e. The van der Waals surface area contributed by atoms with Gasteiger partial charge < -0.3 is 24.8 Å². The third-order valence-electron chi connectivity index (χ3n) is 8.30. The van der Waals surface area contributed by atoms with Gasteiger partial charge >= 0.3 is 0 Å². The van der Waals surface area contributed by atoms with Crippen LogP contribution in [0, 0.1) is 0 Å². The number of aromatic hydroxyl groups is 1. The van der Waals surface area contributed by atoms with Crippen molar-refractivity contribution in [1.29, 1.82) is 0 Å². The predicted molar refractivity (Wildman–Crippen MR) is 141 cm³/mol. The molecule has 2 aromatic heterocycles. The number of hydrogen-bond acceptors (Lipinski definition) is 9. The number of anilines is 1. The number of nitrogens with one attached hydrogen (secondary N) is 1. The largest absolute Gasteiger partial charge is 0.507 e. The summed E-state index contributed by atoms with van der Waals surface area (Å²) in [6.45, 7) is 4.19. The molecule has 38 heavy (non-hydrogen) atoms. The fraction of sp³-hybridized carbons (Fsp3) is 0.500. The van der Waals surface area contributed by atoms with Gasteiger partial charge in [0.05, 0.1) is 32.0 Å². The van der Waals surface area contributed by atoms with Crippen LogP contribution < -0.4 is 19.7 Å². The Morgan fingerprint density at radius 3 is 2.50 bits per heavy atom. The Kier molecular flexibility index (Phi) is 5.90. The minimum absolute atomic E-state index is 0.0190. The second-order valence-corrected chi connectivity index (χ2v) is 11.2. The van der Waals surface area contributed by atoms with Crippen molar-refractivity contribution in [2.24, 2.45) is 0 Å². The van der Waals surface area contributed by atoms with Gasteiger partial charge in [-0.1, -0.05) is 6.07 Å². The fourth-order valence-electron chi connectivity index (χ4n) is 6.22. The molecule has 2 aliphatic heterocycles. The number of phenols is 1. The van der Waals surface area contributed by atoms with Gasteiger partial charge in [0, 0.05) is 28.9 Å². The van der Waals surface area contributed by atoms with Crippen molar-refractivity contribution < 1.29 is 19.0 Å². The number of hydrogen-bond donors (Lipinski definition) is 2. The van der Waals surface area contributed by atoms with E-state index in [4.69, 9.17) is 9.47 Å².